The molecule has 9 heteroatoms. The van der Waals surface area contributed by atoms with E-state index >= 15 is 0 Å². The van der Waals surface area contributed by atoms with Gasteiger partial charge in [-0.1, -0.05) is 67.6 Å². The van der Waals surface area contributed by atoms with Crippen molar-refractivity contribution in [3.05, 3.63) is 71.8 Å². The number of ketones is 1. The van der Waals surface area contributed by atoms with E-state index in [0.717, 1.165) is 28.7 Å². The lowest BCUT2D eigenvalue weighted by Crippen LogP contribution is -2.30. The molecule has 0 aromatic heterocycles. The van der Waals surface area contributed by atoms with E-state index in [2.05, 4.69) is 13.9 Å². The minimum absolute atomic E-state index is 0.0143. The number of hydrogen-bond acceptors (Lipinski definition) is 7. The van der Waals surface area contributed by atoms with Crippen LogP contribution in [0.4, 0.5) is 4.79 Å². The Morgan fingerprint density at radius 3 is 2.38 bits per heavy atom. The van der Waals surface area contributed by atoms with Gasteiger partial charge in [0.1, 0.15) is 12.4 Å². The first-order valence-corrected chi connectivity index (χ1v) is 13.7. The second-order valence-electron chi connectivity index (χ2n) is 9.59. The Kier molecular flexibility index (Phi) is 9.37. The number of rotatable bonds is 8. The molecule has 2 aliphatic rings. The van der Waals surface area contributed by atoms with Crippen LogP contribution < -0.4 is 0 Å². The third kappa shape index (κ3) is 6.78. The van der Waals surface area contributed by atoms with Crippen molar-refractivity contribution in [2.45, 2.75) is 57.5 Å². The second-order valence-corrected chi connectivity index (χ2v) is 10.9. The molecular weight excluding hydrogens is 508 g/mol. The molecule has 2 aromatic rings. The fourth-order valence-electron chi connectivity index (χ4n) is 5.07. The summed E-state index contributed by atoms with van der Waals surface area (Å²) < 4.78 is 19.7. The Bertz CT molecular complexity index is 1170. The number of carbonyl (C=O) groups excluding carboxylic acids is 3. The predicted molar refractivity (Wildman–Crippen MR) is 145 cm³/mol. The van der Waals surface area contributed by atoms with E-state index < -0.39 is 17.5 Å². The third-order valence-corrected chi connectivity index (χ3v) is 7.92. The van der Waals surface area contributed by atoms with Crippen LogP contribution >= 0.6 is 18.0 Å². The van der Waals surface area contributed by atoms with Gasteiger partial charge in [0.05, 0.1) is 12.5 Å². The van der Waals surface area contributed by atoms with Crippen molar-refractivity contribution in [1.82, 2.24) is 0 Å². The highest BCUT2D eigenvalue weighted by Gasteiger charge is 2.34. The van der Waals surface area contributed by atoms with Crippen LogP contribution in [0.3, 0.4) is 0 Å². The number of benzene rings is 2. The van der Waals surface area contributed by atoms with E-state index in [4.69, 9.17) is 14.0 Å². The molecule has 0 fully saturated rings. The lowest BCUT2D eigenvalue weighted by atomic mass is 9.74. The Labute approximate surface area is 221 Å². The molecule has 2 aromatic carbocycles. The molecule has 0 N–H and O–H groups in total. The molecule has 0 spiro atoms. The zero-order chi connectivity index (χ0) is 26.3. The van der Waals surface area contributed by atoms with Gasteiger partial charge >= 0.3 is 12.1 Å². The topological polar surface area (TPSA) is 91.3 Å². The number of Topliss-reactive ketones (excluding diaryl/α,β-unsaturated/α-hetero) is 1. The molecule has 7 nitrogen and oxygen atoms in total. The van der Waals surface area contributed by atoms with Crippen LogP contribution in [0.2, 0.25) is 0 Å². The smallest absolute Gasteiger partial charge is 0.433 e. The molecule has 3 atom stereocenters. The first-order valence-electron chi connectivity index (χ1n) is 12.4. The summed E-state index contributed by atoms with van der Waals surface area (Å²) in [5.74, 6) is -0.900. The fourth-order valence-corrected chi connectivity index (χ4v) is 5.58. The van der Waals surface area contributed by atoms with E-state index in [0.29, 0.717) is 27.9 Å². The number of fused-ring (bicyclic) bond motifs is 3. The zero-order valence-corrected chi connectivity index (χ0v) is 22.8. The summed E-state index contributed by atoms with van der Waals surface area (Å²) in [4.78, 5) is 37.6. The molecule has 1 unspecified atom stereocenters. The molecule has 4 rings (SSSR count). The first kappa shape index (κ1) is 27.3. The fraction of sp³-hybridized carbons (Fsp3) is 0.393. The number of carbonyl (C=O) groups is 3. The van der Waals surface area contributed by atoms with E-state index in [1.54, 1.807) is 0 Å². The maximum Gasteiger partial charge on any atom is 0.516 e. The van der Waals surface area contributed by atoms with Crippen LogP contribution in [0.25, 0.3) is 11.1 Å². The van der Waals surface area contributed by atoms with Gasteiger partial charge in [0, 0.05) is 17.8 Å². The third-order valence-electron chi connectivity index (χ3n) is 7.18. The summed E-state index contributed by atoms with van der Waals surface area (Å²) in [5, 5.41) is 0. The molecule has 194 valence electrons. The molecule has 0 radical (unpaired) electrons. The van der Waals surface area contributed by atoms with Gasteiger partial charge in [-0.25, -0.2) is 9.31 Å². The number of esters is 1. The average molecular weight is 540 g/mol. The van der Waals surface area contributed by atoms with E-state index in [1.165, 1.54) is 0 Å². The molecular formula is C28H31NO6P2. The Morgan fingerprint density at radius 2 is 1.70 bits per heavy atom. The maximum atomic E-state index is 13.0. The van der Waals surface area contributed by atoms with E-state index in [9.17, 15) is 14.4 Å². The largest absolute Gasteiger partial charge is 0.516 e. The van der Waals surface area contributed by atoms with Crippen molar-refractivity contribution in [2.75, 3.05) is 6.61 Å². The molecule has 0 saturated heterocycles. The van der Waals surface area contributed by atoms with Gasteiger partial charge in [-0.05, 0) is 57.3 Å². The maximum absolute atomic E-state index is 13.0. The van der Waals surface area contributed by atoms with Crippen molar-refractivity contribution in [3.8, 4) is 11.1 Å². The molecule has 37 heavy (non-hydrogen) atoms. The summed E-state index contributed by atoms with van der Waals surface area (Å²) in [7, 11) is 2.79. The van der Waals surface area contributed by atoms with Crippen molar-refractivity contribution in [2.24, 2.45) is 9.93 Å². The van der Waals surface area contributed by atoms with E-state index in [1.807, 2.05) is 67.6 Å². The first-order chi connectivity index (χ1) is 17.9. The van der Waals surface area contributed by atoms with Crippen molar-refractivity contribution in [1.29, 1.82) is 0 Å². The zero-order valence-electron chi connectivity index (χ0n) is 20.8. The van der Waals surface area contributed by atoms with Gasteiger partial charge < -0.3 is 14.0 Å². The standard InChI is InChI=1S/C28H31NO6P2/c1-28(16-7-6-8-19(15-17-28)35-37-29-36)25(30)13-14-26(31)34-27(32)33-18-24-22-11-4-2-9-20(22)21-10-3-5-12-23(21)24/h2-6,8-12,19,24H,7,13-18,36H2,1H3/b8-6+/t19-,28+/m0/s1. The summed E-state index contributed by atoms with van der Waals surface area (Å²) >= 11 is 0. The quantitative estimate of drug-likeness (QED) is 0.153. The van der Waals surface area contributed by atoms with Crippen LogP contribution in [0, 0.1) is 5.41 Å². The summed E-state index contributed by atoms with van der Waals surface area (Å²) in [5.41, 5.74) is 3.82. The van der Waals surface area contributed by atoms with Gasteiger partial charge in [-0.15, -0.1) is 0 Å². The van der Waals surface area contributed by atoms with Crippen LogP contribution in [-0.2, 0) is 23.6 Å². The van der Waals surface area contributed by atoms with Crippen molar-refractivity contribution >= 4 is 35.9 Å². The van der Waals surface area contributed by atoms with Crippen LogP contribution in [-0.4, -0.2) is 30.6 Å². The highest BCUT2D eigenvalue weighted by atomic mass is 31.1. The summed E-state index contributed by atoms with van der Waals surface area (Å²) in [6, 6.07) is 16.0. The van der Waals surface area contributed by atoms with E-state index in [-0.39, 0.29) is 37.3 Å². The van der Waals surface area contributed by atoms with Crippen LogP contribution in [0.5, 0.6) is 0 Å². The minimum atomic E-state index is -1.04. The lowest BCUT2D eigenvalue weighted by molar-refractivity contribution is -0.142. The second kappa shape index (κ2) is 12.7. The molecule has 0 saturated carbocycles. The van der Waals surface area contributed by atoms with Crippen molar-refractivity contribution < 1.29 is 28.4 Å². The Hall–Kier alpha value is -2.72. The summed E-state index contributed by atoms with van der Waals surface area (Å²) in [6.07, 6.45) is 5.53. The Balaban J connectivity index is 1.26. The minimum Gasteiger partial charge on any atom is -0.433 e. The van der Waals surface area contributed by atoms with Gasteiger partial charge in [0.25, 0.3) is 0 Å². The highest BCUT2D eigenvalue weighted by molar-refractivity contribution is 7.31. The van der Waals surface area contributed by atoms with Crippen LogP contribution in [0.15, 0.2) is 65.2 Å². The lowest BCUT2D eigenvalue weighted by Gasteiger charge is -2.30. The van der Waals surface area contributed by atoms with Crippen LogP contribution in [0.1, 0.15) is 62.5 Å². The monoisotopic (exact) mass is 539 g/mol. The normalized spacial score (nSPS) is 21.9. The summed E-state index contributed by atoms with van der Waals surface area (Å²) in [6.45, 7) is 2.00. The number of nitrogens with zero attached hydrogens (tertiary/aromatic N) is 1. The molecule has 0 amide bonds. The predicted octanol–water partition coefficient (Wildman–Crippen LogP) is 7.18. The molecule has 0 aliphatic heterocycles. The number of ether oxygens (including phenoxy) is 2. The highest BCUT2D eigenvalue weighted by Crippen LogP contribution is 2.44. The Morgan fingerprint density at radius 1 is 1.03 bits per heavy atom. The molecule has 2 aliphatic carbocycles. The average Bonchev–Trinajstić information content (AvgIpc) is 3.22. The van der Waals surface area contributed by atoms with Gasteiger partial charge in [-0.3, -0.25) is 9.59 Å². The van der Waals surface area contributed by atoms with Gasteiger partial charge in [0.2, 0.25) is 0 Å². The van der Waals surface area contributed by atoms with Crippen molar-refractivity contribution in [3.63, 3.8) is 0 Å². The number of hydrogen-bond donors (Lipinski definition) is 0. The van der Waals surface area contributed by atoms with Gasteiger partial charge in [-0.2, -0.15) is 0 Å². The van der Waals surface area contributed by atoms with Gasteiger partial charge in [0.15, 0.2) is 8.60 Å². The number of allylic oxidation sites excluding steroid dienone is 1. The molecule has 0 bridgehead atoms. The SMILES string of the molecule is C[C@@]1(C(=O)CCC(=O)OC(=O)OCC2c3ccccc3-c3ccccc32)CC/C=C/[C@H](OP=NP)CC1. The molecule has 0 heterocycles.